The van der Waals surface area contributed by atoms with Crippen molar-refractivity contribution in [3.63, 3.8) is 0 Å². The second kappa shape index (κ2) is 10.7. The van der Waals surface area contributed by atoms with Gasteiger partial charge < -0.3 is 9.47 Å². The Labute approximate surface area is 249 Å². The first-order valence-electron chi connectivity index (χ1n) is 13.6. The summed E-state index contributed by atoms with van der Waals surface area (Å²) in [4.78, 5) is 24.8. The van der Waals surface area contributed by atoms with E-state index in [-0.39, 0.29) is 13.0 Å². The van der Waals surface area contributed by atoms with Gasteiger partial charge >= 0.3 is 0 Å². The molecular formula is C29H26Cl2FN7OS. The van der Waals surface area contributed by atoms with Crippen LogP contribution in [0, 0.1) is 0 Å². The molecule has 0 saturated carbocycles. The second-order valence-electron chi connectivity index (χ2n) is 10.4. The number of halogens is 3. The molecule has 1 unspecified atom stereocenters. The molecule has 2 atom stereocenters. The quantitative estimate of drug-likeness (QED) is 0.230. The molecule has 1 saturated heterocycles. The normalized spacial score (nSPS) is 17.6. The number of hydrogen-bond acceptors (Lipinski definition) is 6. The monoisotopic (exact) mass is 609 g/mol. The van der Waals surface area contributed by atoms with Crippen LogP contribution in [0.2, 0.25) is 10.0 Å². The third kappa shape index (κ3) is 4.87. The third-order valence-electron chi connectivity index (χ3n) is 7.83. The maximum Gasteiger partial charge on any atom is 0.257 e. The first kappa shape index (κ1) is 26.4. The van der Waals surface area contributed by atoms with Crippen LogP contribution in [0.4, 0.5) is 15.2 Å². The molecule has 41 heavy (non-hydrogen) atoms. The minimum absolute atomic E-state index is 0.177. The lowest BCUT2D eigenvalue weighted by Gasteiger charge is -2.28. The van der Waals surface area contributed by atoms with Gasteiger partial charge in [0.15, 0.2) is 11.2 Å². The van der Waals surface area contributed by atoms with Gasteiger partial charge in [-0.3, -0.25) is 14.8 Å². The van der Waals surface area contributed by atoms with Gasteiger partial charge in [-0.15, -0.1) is 11.3 Å². The maximum absolute atomic E-state index is 14.3. The lowest BCUT2D eigenvalue weighted by Crippen LogP contribution is -2.29. The summed E-state index contributed by atoms with van der Waals surface area (Å²) in [5.41, 5.74) is 4.45. The topological polar surface area (TPSA) is 80.9 Å². The van der Waals surface area contributed by atoms with Crippen molar-refractivity contribution in [3.05, 3.63) is 75.9 Å². The van der Waals surface area contributed by atoms with E-state index >= 15 is 0 Å². The van der Waals surface area contributed by atoms with Crippen molar-refractivity contribution in [1.82, 2.24) is 24.3 Å². The molecule has 8 nitrogen and oxygen atoms in total. The fourth-order valence-corrected chi connectivity index (χ4v) is 6.90. The fraction of sp³-hybridized carbons (Fsp3) is 0.310. The van der Waals surface area contributed by atoms with Crippen molar-refractivity contribution in [3.8, 4) is 11.1 Å². The molecule has 2 aromatic carbocycles. The van der Waals surface area contributed by atoms with Gasteiger partial charge in [0.05, 0.1) is 28.6 Å². The van der Waals surface area contributed by atoms with Crippen molar-refractivity contribution in [2.75, 3.05) is 23.3 Å². The van der Waals surface area contributed by atoms with E-state index in [4.69, 9.17) is 28.3 Å². The number of thiazole rings is 1. The lowest BCUT2D eigenvalue weighted by atomic mass is 10.0. The first-order chi connectivity index (χ1) is 20.0. The zero-order valence-corrected chi connectivity index (χ0v) is 24.3. The number of nitrogens with zero attached hydrogens (tertiary/aromatic N) is 6. The molecule has 5 aromatic rings. The Kier molecular flexibility index (Phi) is 6.92. The van der Waals surface area contributed by atoms with E-state index in [9.17, 15) is 9.18 Å². The Balaban J connectivity index is 1.28. The van der Waals surface area contributed by atoms with Crippen LogP contribution in [-0.2, 0) is 17.8 Å². The summed E-state index contributed by atoms with van der Waals surface area (Å²) < 4.78 is 17.6. The van der Waals surface area contributed by atoms with E-state index in [1.807, 2.05) is 6.07 Å². The number of hydrogen-bond donors (Lipinski definition) is 1. The number of imidazole rings is 1. The van der Waals surface area contributed by atoms with Crippen molar-refractivity contribution >= 4 is 62.2 Å². The van der Waals surface area contributed by atoms with E-state index in [2.05, 4.69) is 44.5 Å². The highest BCUT2D eigenvalue weighted by Crippen LogP contribution is 2.40. The number of amides is 1. The molecule has 0 spiro atoms. The van der Waals surface area contributed by atoms with Gasteiger partial charge in [0.1, 0.15) is 11.7 Å². The number of fused-ring (bicyclic) bond motifs is 2. The second-order valence-corrected chi connectivity index (χ2v) is 12.1. The molecule has 0 radical (unpaired) electrons. The fourth-order valence-electron chi connectivity index (χ4n) is 5.82. The minimum atomic E-state index is -1.03. The highest BCUT2D eigenvalue weighted by Gasteiger charge is 2.34. The van der Waals surface area contributed by atoms with Crippen LogP contribution in [0.3, 0.4) is 0 Å². The Morgan fingerprint density at radius 2 is 1.93 bits per heavy atom. The average molecular weight is 611 g/mol. The number of nitrogens with one attached hydrogen (secondary N) is 1. The molecule has 0 aliphatic carbocycles. The molecule has 0 bridgehead atoms. The predicted octanol–water partition coefficient (Wildman–Crippen LogP) is 6.78. The molecule has 2 aliphatic rings. The van der Waals surface area contributed by atoms with Crippen molar-refractivity contribution in [2.45, 2.75) is 44.4 Å². The number of benzene rings is 2. The standard InChI is InChI=1S/C29H26Cl2FN7OS/c30-22-13-20(17-4-6-19(7-5-17)37-9-2-1-3-10-37)24(31)25-21(22)15-39(36-25)27(28(40)35-29-33-8-11-41-29)26-23-12-18(32)14-38(23)16-34-26/h4-8,11,13,15-16,18,27H,1-3,9-10,12,14H2,(H,33,35,40)/t18-,27?/m1/s1. The van der Waals surface area contributed by atoms with E-state index < -0.39 is 18.1 Å². The zero-order valence-electron chi connectivity index (χ0n) is 21.9. The van der Waals surface area contributed by atoms with Crippen LogP contribution in [0.1, 0.15) is 36.7 Å². The van der Waals surface area contributed by atoms with Gasteiger partial charge in [0.2, 0.25) is 0 Å². The summed E-state index contributed by atoms with van der Waals surface area (Å²) in [5.74, 6) is -0.391. The zero-order chi connectivity index (χ0) is 28.1. The Morgan fingerprint density at radius 1 is 1.12 bits per heavy atom. The minimum Gasteiger partial charge on any atom is -0.372 e. The molecule has 12 heteroatoms. The molecule has 1 N–H and O–H groups in total. The van der Waals surface area contributed by atoms with Crippen LogP contribution in [-0.4, -0.2) is 49.5 Å². The number of anilines is 2. The third-order valence-corrected chi connectivity index (χ3v) is 9.21. The molecule has 5 heterocycles. The number of alkyl halides is 1. The average Bonchev–Trinajstić information content (AvgIpc) is 3.78. The van der Waals surface area contributed by atoms with E-state index in [0.717, 1.165) is 24.2 Å². The highest BCUT2D eigenvalue weighted by atomic mass is 35.5. The van der Waals surface area contributed by atoms with Crippen LogP contribution in [0.5, 0.6) is 0 Å². The van der Waals surface area contributed by atoms with Crippen molar-refractivity contribution in [2.24, 2.45) is 0 Å². The van der Waals surface area contributed by atoms with Crippen LogP contribution in [0.25, 0.3) is 22.0 Å². The smallest absolute Gasteiger partial charge is 0.257 e. The number of rotatable bonds is 6. The molecule has 210 valence electrons. The number of aromatic nitrogens is 5. The van der Waals surface area contributed by atoms with Crippen molar-refractivity contribution < 1.29 is 9.18 Å². The van der Waals surface area contributed by atoms with Crippen LogP contribution >= 0.6 is 34.5 Å². The number of carbonyl (C=O) groups excluding carboxylic acids is 1. The number of carbonyl (C=O) groups is 1. The Hall–Kier alpha value is -3.47. The largest absolute Gasteiger partial charge is 0.372 e. The molecule has 1 amide bonds. The van der Waals surface area contributed by atoms with Gasteiger partial charge in [-0.1, -0.05) is 35.3 Å². The molecule has 2 aliphatic heterocycles. The van der Waals surface area contributed by atoms with Crippen LogP contribution < -0.4 is 10.2 Å². The van der Waals surface area contributed by atoms with Gasteiger partial charge in [-0.05, 0) is 43.0 Å². The summed E-state index contributed by atoms with van der Waals surface area (Å²) in [5, 5.41) is 11.3. The van der Waals surface area contributed by atoms with Gasteiger partial charge in [-0.25, -0.2) is 14.4 Å². The van der Waals surface area contributed by atoms with Crippen molar-refractivity contribution in [1.29, 1.82) is 0 Å². The molecule has 3 aromatic heterocycles. The molecule has 7 rings (SSSR count). The maximum atomic E-state index is 14.3. The van der Waals surface area contributed by atoms with Crippen LogP contribution in [0.15, 0.2) is 54.4 Å². The predicted molar refractivity (Wildman–Crippen MR) is 161 cm³/mol. The van der Waals surface area contributed by atoms with Gasteiger partial charge in [-0.2, -0.15) is 5.10 Å². The number of piperidine rings is 1. The van der Waals surface area contributed by atoms with Gasteiger partial charge in [0, 0.05) is 59.6 Å². The van der Waals surface area contributed by atoms with E-state index in [1.54, 1.807) is 28.7 Å². The Morgan fingerprint density at radius 3 is 2.68 bits per heavy atom. The lowest BCUT2D eigenvalue weighted by molar-refractivity contribution is -0.118. The highest BCUT2D eigenvalue weighted by molar-refractivity contribution is 7.13. The SMILES string of the molecule is O=C(Nc1nccs1)C(c1ncn2c1C[C@@H](F)C2)n1cc2c(Cl)cc(-c3ccc(N4CCCCC4)cc3)c(Cl)c2n1. The van der Waals surface area contributed by atoms with E-state index in [1.165, 1.54) is 41.0 Å². The summed E-state index contributed by atoms with van der Waals surface area (Å²) in [6, 6.07) is 9.19. The summed E-state index contributed by atoms with van der Waals surface area (Å²) in [7, 11) is 0. The Bertz CT molecular complexity index is 1730. The van der Waals surface area contributed by atoms with E-state index in [0.29, 0.717) is 37.5 Å². The summed E-state index contributed by atoms with van der Waals surface area (Å²) >= 11 is 15.1. The molecular weight excluding hydrogens is 584 g/mol. The summed E-state index contributed by atoms with van der Waals surface area (Å²) in [6.07, 6.45) is 7.73. The summed E-state index contributed by atoms with van der Waals surface area (Å²) in [6.45, 7) is 2.35. The first-order valence-corrected chi connectivity index (χ1v) is 15.2. The van der Waals surface area contributed by atoms with Gasteiger partial charge in [0.25, 0.3) is 5.91 Å². The molecule has 1 fully saturated rings.